The summed E-state index contributed by atoms with van der Waals surface area (Å²) >= 11 is 0. The van der Waals surface area contributed by atoms with E-state index in [1.807, 2.05) is 0 Å². The van der Waals surface area contributed by atoms with E-state index in [9.17, 15) is 32.4 Å². The summed E-state index contributed by atoms with van der Waals surface area (Å²) in [5.74, 6) is -7.70. The van der Waals surface area contributed by atoms with Gasteiger partial charge in [0, 0.05) is 26.7 Å². The number of aryl methyl sites for hydroxylation is 1. The number of nitrogens with zero attached hydrogens (tertiary/aromatic N) is 1. The Bertz CT molecular complexity index is 1150. The molecule has 1 fully saturated rings. The highest BCUT2D eigenvalue weighted by atomic mass is 32.2. The van der Waals surface area contributed by atoms with Crippen LogP contribution in [0, 0.1) is 18.8 Å². The smallest absolute Gasteiger partial charge is 0.320 e. The van der Waals surface area contributed by atoms with Gasteiger partial charge in [-0.05, 0) is 25.5 Å². The maximum atomic E-state index is 13.9. The second-order valence-electron chi connectivity index (χ2n) is 8.60. The minimum Gasteiger partial charge on any atom is -0.468 e. The summed E-state index contributed by atoms with van der Waals surface area (Å²) in [5, 5.41) is 0. The summed E-state index contributed by atoms with van der Waals surface area (Å²) < 4.78 is 54.0. The molecule has 0 amide bonds. The van der Waals surface area contributed by atoms with Crippen molar-refractivity contribution >= 4 is 39.9 Å². The maximum Gasteiger partial charge on any atom is 0.320 e. The highest BCUT2D eigenvalue weighted by Crippen LogP contribution is 2.40. The number of benzene rings is 1. The Morgan fingerprint density at radius 1 is 0.895 bits per heavy atom. The lowest BCUT2D eigenvalue weighted by atomic mass is 9.79. The summed E-state index contributed by atoms with van der Waals surface area (Å²) in [4.78, 5) is 61.1. The van der Waals surface area contributed by atoms with E-state index >= 15 is 0 Å². The molecule has 1 aromatic rings. The normalized spacial score (nSPS) is 21.8. The summed E-state index contributed by atoms with van der Waals surface area (Å²) in [5.41, 5.74) is 0.771. The van der Waals surface area contributed by atoms with Crippen molar-refractivity contribution in [3.05, 3.63) is 29.8 Å². The molecule has 0 saturated carbocycles. The minimum atomic E-state index is -4.50. The van der Waals surface area contributed by atoms with Gasteiger partial charge >= 0.3 is 29.8 Å². The van der Waals surface area contributed by atoms with Crippen molar-refractivity contribution in [2.45, 2.75) is 57.4 Å². The second-order valence-corrected chi connectivity index (χ2v) is 10.4. The molecule has 0 spiro atoms. The molecule has 1 saturated heterocycles. The van der Waals surface area contributed by atoms with Crippen molar-refractivity contribution in [2.75, 3.05) is 20.8 Å². The fourth-order valence-corrected chi connectivity index (χ4v) is 5.99. The van der Waals surface area contributed by atoms with Crippen LogP contribution in [0.15, 0.2) is 29.2 Å². The third-order valence-electron chi connectivity index (χ3n) is 5.86. The molecule has 0 unspecified atom stereocenters. The Morgan fingerprint density at radius 3 is 1.87 bits per heavy atom. The molecule has 14 heteroatoms. The lowest BCUT2D eigenvalue weighted by molar-refractivity contribution is -0.204. The Balaban J connectivity index is 2.81. The topological polar surface area (TPSA) is 169 Å². The van der Waals surface area contributed by atoms with Crippen LogP contribution in [-0.4, -0.2) is 81.8 Å². The predicted octanol–water partition coefficient (Wildman–Crippen LogP) is 0.720. The lowest BCUT2D eigenvalue weighted by Crippen LogP contribution is -2.64. The molecule has 210 valence electrons. The van der Waals surface area contributed by atoms with Gasteiger partial charge in [0.15, 0.2) is 12.0 Å². The molecular weight excluding hydrogens is 526 g/mol. The first-order valence-corrected chi connectivity index (χ1v) is 12.9. The van der Waals surface area contributed by atoms with E-state index in [1.54, 1.807) is 19.1 Å². The molecule has 1 aromatic carbocycles. The number of ether oxygens (including phenoxy) is 5. The van der Waals surface area contributed by atoms with Crippen molar-refractivity contribution in [1.82, 2.24) is 4.31 Å². The van der Waals surface area contributed by atoms with E-state index in [4.69, 9.17) is 23.7 Å². The summed E-state index contributed by atoms with van der Waals surface area (Å²) in [7, 11) is -2.45. The SMILES string of the molecule is COC(=O)C(C(=O)OC)[C@H]1C[C@H](COC(C)=O)N(S(=O)(=O)c2ccc(C)cc2)[C@H](OC(C)=O)[C@@H]1OC(C)=O. The zero-order valence-electron chi connectivity index (χ0n) is 21.9. The van der Waals surface area contributed by atoms with Crippen LogP contribution in [0.1, 0.15) is 32.8 Å². The number of methoxy groups -OCH3 is 2. The van der Waals surface area contributed by atoms with Gasteiger partial charge in [0.2, 0.25) is 16.3 Å². The van der Waals surface area contributed by atoms with Gasteiger partial charge < -0.3 is 23.7 Å². The number of hydrogen-bond donors (Lipinski definition) is 0. The minimum absolute atomic E-state index is 0.189. The second kappa shape index (κ2) is 12.8. The quantitative estimate of drug-likeness (QED) is 0.237. The monoisotopic (exact) mass is 557 g/mol. The van der Waals surface area contributed by atoms with E-state index in [-0.39, 0.29) is 11.3 Å². The highest BCUT2D eigenvalue weighted by molar-refractivity contribution is 7.89. The van der Waals surface area contributed by atoms with Crippen LogP contribution in [0.3, 0.4) is 0 Å². The van der Waals surface area contributed by atoms with Crippen molar-refractivity contribution in [3.63, 3.8) is 0 Å². The number of carbonyl (C=O) groups is 5. The molecule has 0 N–H and O–H groups in total. The van der Waals surface area contributed by atoms with Crippen LogP contribution in [-0.2, 0) is 57.7 Å². The molecule has 1 aliphatic rings. The zero-order chi connectivity index (χ0) is 28.8. The number of hydrogen-bond acceptors (Lipinski definition) is 12. The Kier molecular flexibility index (Phi) is 10.4. The number of rotatable bonds is 9. The van der Waals surface area contributed by atoms with Crippen LogP contribution < -0.4 is 0 Å². The molecule has 1 heterocycles. The fourth-order valence-electron chi connectivity index (χ4n) is 4.29. The molecule has 0 bridgehead atoms. The average Bonchev–Trinajstić information content (AvgIpc) is 2.83. The first-order chi connectivity index (χ1) is 17.7. The molecule has 0 aliphatic carbocycles. The predicted molar refractivity (Wildman–Crippen MR) is 127 cm³/mol. The molecule has 0 aromatic heterocycles. The summed E-state index contributed by atoms with van der Waals surface area (Å²) in [6.45, 7) is 4.36. The van der Waals surface area contributed by atoms with E-state index < -0.39 is 76.7 Å². The molecule has 13 nitrogen and oxygen atoms in total. The number of sulfonamides is 1. The van der Waals surface area contributed by atoms with Gasteiger partial charge in [-0.2, -0.15) is 0 Å². The average molecular weight is 558 g/mol. The standard InChI is InChI=1S/C24H31NO12S/c1-13-7-9-18(10-8-13)38(31,32)25-17(12-35-14(2)26)11-19(20(23(29)33-5)24(30)34-6)21(36-15(3)27)22(25)37-16(4)28/h7-10,17,19-22H,11-12H2,1-6H3/t17-,19-,21-,22-/m1/s1. The third-order valence-corrected chi connectivity index (χ3v) is 7.79. The van der Waals surface area contributed by atoms with Crippen molar-refractivity contribution < 1.29 is 56.1 Å². The molecule has 2 rings (SSSR count). The Labute approximate surface area is 220 Å². The molecule has 1 aliphatic heterocycles. The van der Waals surface area contributed by atoms with Gasteiger partial charge in [-0.25, -0.2) is 8.42 Å². The Morgan fingerprint density at radius 2 is 1.42 bits per heavy atom. The van der Waals surface area contributed by atoms with Gasteiger partial charge in [0.05, 0.1) is 25.2 Å². The van der Waals surface area contributed by atoms with Crippen LogP contribution in [0.2, 0.25) is 0 Å². The molecule has 0 radical (unpaired) electrons. The maximum absolute atomic E-state index is 13.9. The van der Waals surface area contributed by atoms with Gasteiger partial charge in [-0.3, -0.25) is 24.0 Å². The summed E-state index contributed by atoms with van der Waals surface area (Å²) in [6, 6.07) is 4.50. The highest BCUT2D eigenvalue weighted by Gasteiger charge is 2.57. The number of carbonyl (C=O) groups excluding carboxylic acids is 5. The van der Waals surface area contributed by atoms with Crippen LogP contribution >= 0.6 is 0 Å². The summed E-state index contributed by atoms with van der Waals surface area (Å²) in [6.07, 6.45) is -3.84. The number of esters is 5. The third kappa shape index (κ3) is 7.07. The zero-order valence-corrected chi connectivity index (χ0v) is 22.7. The first-order valence-electron chi connectivity index (χ1n) is 11.5. The molecule has 4 atom stereocenters. The van der Waals surface area contributed by atoms with Crippen molar-refractivity contribution in [1.29, 1.82) is 0 Å². The molecule has 38 heavy (non-hydrogen) atoms. The van der Waals surface area contributed by atoms with Crippen LogP contribution in [0.25, 0.3) is 0 Å². The lowest BCUT2D eigenvalue weighted by Gasteiger charge is -2.47. The fraction of sp³-hybridized carbons (Fsp3) is 0.542. The van der Waals surface area contributed by atoms with Crippen LogP contribution in [0.5, 0.6) is 0 Å². The van der Waals surface area contributed by atoms with Gasteiger partial charge in [-0.15, -0.1) is 4.31 Å². The van der Waals surface area contributed by atoms with Crippen LogP contribution in [0.4, 0.5) is 0 Å². The van der Waals surface area contributed by atoms with Crippen molar-refractivity contribution in [2.24, 2.45) is 11.8 Å². The van der Waals surface area contributed by atoms with E-state index in [0.29, 0.717) is 0 Å². The van der Waals surface area contributed by atoms with Gasteiger partial charge in [0.1, 0.15) is 6.61 Å². The van der Waals surface area contributed by atoms with E-state index in [1.165, 1.54) is 12.1 Å². The van der Waals surface area contributed by atoms with E-state index in [2.05, 4.69) is 0 Å². The molecular formula is C24H31NO12S. The number of piperidine rings is 1. The van der Waals surface area contributed by atoms with Crippen molar-refractivity contribution in [3.8, 4) is 0 Å². The van der Waals surface area contributed by atoms with Gasteiger partial charge in [0.25, 0.3) is 0 Å². The Hall–Kier alpha value is -3.52. The largest absolute Gasteiger partial charge is 0.468 e. The van der Waals surface area contributed by atoms with E-state index in [0.717, 1.165) is 44.9 Å². The first kappa shape index (κ1) is 30.7. The van der Waals surface area contributed by atoms with Gasteiger partial charge in [-0.1, -0.05) is 17.7 Å².